The number of anilines is 1. The maximum absolute atomic E-state index is 12.9. The van der Waals surface area contributed by atoms with Gasteiger partial charge >= 0.3 is 0 Å². The Kier molecular flexibility index (Phi) is 3.81. The first-order valence-electron chi connectivity index (χ1n) is 7.82. The zero-order chi connectivity index (χ0) is 15.0. The molecule has 4 heteroatoms. The number of hydrogen-bond donors (Lipinski definition) is 2. The van der Waals surface area contributed by atoms with E-state index in [1.807, 2.05) is 13.0 Å². The van der Waals surface area contributed by atoms with Gasteiger partial charge in [0.05, 0.1) is 0 Å². The molecule has 4 nitrogen and oxygen atoms in total. The second kappa shape index (κ2) is 5.60. The zero-order valence-electron chi connectivity index (χ0n) is 12.7. The quantitative estimate of drug-likeness (QED) is 0.896. The SMILES string of the molecule is CCNCC1CCc2c(C)cc3c(c2C1=O)CCC(=O)N3. The molecule has 112 valence electrons. The van der Waals surface area contributed by atoms with Crippen LogP contribution in [-0.4, -0.2) is 24.8 Å². The number of benzene rings is 1. The molecule has 2 aliphatic rings. The average Bonchev–Trinajstić information content (AvgIpc) is 2.46. The number of carbonyl (C=O) groups is 2. The summed E-state index contributed by atoms with van der Waals surface area (Å²) < 4.78 is 0. The van der Waals surface area contributed by atoms with Gasteiger partial charge < -0.3 is 10.6 Å². The Morgan fingerprint density at radius 2 is 2.05 bits per heavy atom. The molecule has 0 aromatic heterocycles. The Hall–Kier alpha value is -1.68. The number of nitrogens with one attached hydrogen (secondary N) is 2. The van der Waals surface area contributed by atoms with E-state index in [-0.39, 0.29) is 17.6 Å². The summed E-state index contributed by atoms with van der Waals surface area (Å²) in [5, 5.41) is 6.21. The molecule has 1 atom stereocenters. The number of rotatable bonds is 3. The number of ketones is 1. The van der Waals surface area contributed by atoms with Gasteiger partial charge in [-0.25, -0.2) is 0 Å². The number of hydrogen-bond acceptors (Lipinski definition) is 3. The largest absolute Gasteiger partial charge is 0.326 e. The number of Topliss-reactive ketones (excluding diaryl/α,β-unsaturated/α-hetero) is 1. The van der Waals surface area contributed by atoms with Gasteiger partial charge in [0.2, 0.25) is 5.91 Å². The van der Waals surface area contributed by atoms with Gasteiger partial charge in [-0.2, -0.15) is 0 Å². The molecule has 0 saturated carbocycles. The van der Waals surface area contributed by atoms with E-state index in [1.54, 1.807) is 0 Å². The highest BCUT2D eigenvalue weighted by atomic mass is 16.1. The first-order valence-corrected chi connectivity index (χ1v) is 7.82. The lowest BCUT2D eigenvalue weighted by atomic mass is 9.77. The van der Waals surface area contributed by atoms with Crippen LogP contribution in [0, 0.1) is 12.8 Å². The Morgan fingerprint density at radius 3 is 2.81 bits per heavy atom. The van der Waals surface area contributed by atoms with Crippen LogP contribution in [0.3, 0.4) is 0 Å². The molecule has 1 heterocycles. The van der Waals surface area contributed by atoms with Crippen LogP contribution >= 0.6 is 0 Å². The van der Waals surface area contributed by atoms with Crippen molar-refractivity contribution in [3.8, 4) is 0 Å². The van der Waals surface area contributed by atoms with Crippen molar-refractivity contribution < 1.29 is 9.59 Å². The lowest BCUT2D eigenvalue weighted by molar-refractivity contribution is -0.116. The van der Waals surface area contributed by atoms with Gasteiger partial charge in [0, 0.05) is 30.1 Å². The molecule has 3 rings (SSSR count). The molecule has 0 bridgehead atoms. The van der Waals surface area contributed by atoms with Crippen LogP contribution in [0.1, 0.15) is 46.8 Å². The molecule has 1 amide bonds. The van der Waals surface area contributed by atoms with E-state index in [9.17, 15) is 9.59 Å². The molecule has 2 N–H and O–H groups in total. The molecule has 0 radical (unpaired) electrons. The summed E-state index contributed by atoms with van der Waals surface area (Å²) in [6.45, 7) is 5.74. The average molecular weight is 286 g/mol. The molecular weight excluding hydrogens is 264 g/mol. The fourth-order valence-electron chi connectivity index (χ4n) is 3.51. The van der Waals surface area contributed by atoms with Crippen molar-refractivity contribution >= 4 is 17.4 Å². The second-order valence-electron chi connectivity index (χ2n) is 6.03. The van der Waals surface area contributed by atoms with Crippen LogP contribution in [0.2, 0.25) is 0 Å². The van der Waals surface area contributed by atoms with E-state index in [1.165, 1.54) is 5.56 Å². The number of carbonyl (C=O) groups excluding carboxylic acids is 2. The van der Waals surface area contributed by atoms with Crippen molar-refractivity contribution in [2.75, 3.05) is 18.4 Å². The first-order chi connectivity index (χ1) is 10.1. The van der Waals surface area contributed by atoms with Crippen molar-refractivity contribution in [1.29, 1.82) is 0 Å². The molecular formula is C17H22N2O2. The molecule has 0 saturated heterocycles. The molecule has 1 aliphatic heterocycles. The highest BCUT2D eigenvalue weighted by Gasteiger charge is 2.32. The number of aryl methyl sites for hydroxylation is 1. The molecule has 1 aromatic carbocycles. The normalized spacial score (nSPS) is 20.8. The Morgan fingerprint density at radius 1 is 1.24 bits per heavy atom. The van der Waals surface area contributed by atoms with Gasteiger partial charge in [-0.3, -0.25) is 9.59 Å². The maximum atomic E-state index is 12.9. The predicted molar refractivity (Wildman–Crippen MR) is 82.8 cm³/mol. The summed E-state index contributed by atoms with van der Waals surface area (Å²) in [7, 11) is 0. The molecule has 1 aliphatic carbocycles. The summed E-state index contributed by atoms with van der Waals surface area (Å²) in [6.07, 6.45) is 3.05. The number of fused-ring (bicyclic) bond motifs is 3. The van der Waals surface area contributed by atoms with E-state index >= 15 is 0 Å². The minimum atomic E-state index is 0.0503. The van der Waals surface area contributed by atoms with Gasteiger partial charge in [0.25, 0.3) is 0 Å². The molecule has 21 heavy (non-hydrogen) atoms. The summed E-state index contributed by atoms with van der Waals surface area (Å²) >= 11 is 0. The standard InChI is InChI=1S/C17H22N2O2/c1-3-18-9-11-4-5-12-10(2)8-14-13(16(12)17(11)21)6-7-15(20)19-14/h8,11,18H,3-7,9H2,1-2H3,(H,19,20). The van der Waals surface area contributed by atoms with Crippen LogP contribution < -0.4 is 10.6 Å². The zero-order valence-corrected chi connectivity index (χ0v) is 12.7. The van der Waals surface area contributed by atoms with Crippen LogP contribution in [0.5, 0.6) is 0 Å². The first kappa shape index (κ1) is 14.3. The predicted octanol–water partition coefficient (Wildman–Crippen LogP) is 2.23. The van der Waals surface area contributed by atoms with E-state index in [0.717, 1.165) is 48.3 Å². The molecule has 1 aromatic rings. The van der Waals surface area contributed by atoms with E-state index in [4.69, 9.17) is 0 Å². The van der Waals surface area contributed by atoms with Crippen molar-refractivity contribution in [3.05, 3.63) is 28.3 Å². The Bertz CT molecular complexity index is 607. The minimum Gasteiger partial charge on any atom is -0.326 e. The van der Waals surface area contributed by atoms with Gasteiger partial charge in [0.1, 0.15) is 0 Å². The Balaban J connectivity index is 2.03. The van der Waals surface area contributed by atoms with Crippen LogP contribution in [0.15, 0.2) is 6.07 Å². The van der Waals surface area contributed by atoms with Crippen molar-refractivity contribution in [3.63, 3.8) is 0 Å². The lowest BCUT2D eigenvalue weighted by Crippen LogP contribution is -2.34. The van der Waals surface area contributed by atoms with Gasteiger partial charge in [-0.1, -0.05) is 6.92 Å². The van der Waals surface area contributed by atoms with Crippen LogP contribution in [0.25, 0.3) is 0 Å². The van der Waals surface area contributed by atoms with Gasteiger partial charge in [-0.15, -0.1) is 0 Å². The maximum Gasteiger partial charge on any atom is 0.224 e. The third kappa shape index (κ3) is 2.48. The summed E-state index contributed by atoms with van der Waals surface area (Å²) in [4.78, 5) is 24.5. The van der Waals surface area contributed by atoms with E-state index in [2.05, 4.69) is 17.6 Å². The second-order valence-corrected chi connectivity index (χ2v) is 6.03. The highest BCUT2D eigenvalue weighted by molar-refractivity contribution is 6.05. The van der Waals surface area contributed by atoms with Crippen LogP contribution in [-0.2, 0) is 17.6 Å². The highest BCUT2D eigenvalue weighted by Crippen LogP contribution is 2.36. The van der Waals surface area contributed by atoms with E-state index < -0.39 is 0 Å². The fourth-order valence-corrected chi connectivity index (χ4v) is 3.51. The fraction of sp³-hybridized carbons (Fsp3) is 0.529. The smallest absolute Gasteiger partial charge is 0.224 e. The van der Waals surface area contributed by atoms with Gasteiger partial charge in [-0.05, 0) is 55.5 Å². The molecule has 0 spiro atoms. The number of amides is 1. The lowest BCUT2D eigenvalue weighted by Gasteiger charge is -2.30. The minimum absolute atomic E-state index is 0.0503. The van der Waals surface area contributed by atoms with Crippen molar-refractivity contribution in [2.45, 2.75) is 39.5 Å². The van der Waals surface area contributed by atoms with Crippen LogP contribution in [0.4, 0.5) is 5.69 Å². The summed E-state index contributed by atoms with van der Waals surface area (Å²) in [6, 6.07) is 2.03. The topological polar surface area (TPSA) is 58.2 Å². The molecule has 1 unspecified atom stereocenters. The van der Waals surface area contributed by atoms with Crippen molar-refractivity contribution in [2.24, 2.45) is 5.92 Å². The van der Waals surface area contributed by atoms with E-state index in [0.29, 0.717) is 12.8 Å². The molecule has 0 fully saturated rings. The Labute approximate surface area is 125 Å². The van der Waals surface area contributed by atoms with Crippen molar-refractivity contribution in [1.82, 2.24) is 5.32 Å². The van der Waals surface area contributed by atoms with Gasteiger partial charge in [0.15, 0.2) is 5.78 Å². The summed E-state index contributed by atoms with van der Waals surface area (Å²) in [5.41, 5.74) is 5.13. The third-order valence-corrected chi connectivity index (χ3v) is 4.64. The third-order valence-electron chi connectivity index (χ3n) is 4.64. The monoisotopic (exact) mass is 286 g/mol. The summed E-state index contributed by atoms with van der Waals surface area (Å²) in [5.74, 6) is 0.378.